The van der Waals surface area contributed by atoms with Crippen LogP contribution in [0.25, 0.3) is 11.0 Å². The van der Waals surface area contributed by atoms with E-state index in [4.69, 9.17) is 9.15 Å². The Morgan fingerprint density at radius 2 is 1.93 bits per heavy atom. The fraction of sp³-hybridized carbons (Fsp3) is 0.304. The molecule has 0 unspecified atom stereocenters. The van der Waals surface area contributed by atoms with Crippen molar-refractivity contribution in [3.05, 3.63) is 53.8 Å². The van der Waals surface area contributed by atoms with Crippen molar-refractivity contribution in [3.63, 3.8) is 0 Å². The fourth-order valence-electron chi connectivity index (χ4n) is 3.57. The summed E-state index contributed by atoms with van der Waals surface area (Å²) < 4.78 is 11.0. The molecule has 3 aromatic rings. The molecule has 1 aliphatic rings. The second-order valence-electron chi connectivity index (χ2n) is 8.24. The van der Waals surface area contributed by atoms with Crippen LogP contribution in [0.5, 0.6) is 5.75 Å². The maximum absolute atomic E-state index is 12.8. The van der Waals surface area contributed by atoms with Gasteiger partial charge in [-0.25, -0.2) is 0 Å². The molecule has 0 fully saturated rings. The van der Waals surface area contributed by atoms with Crippen molar-refractivity contribution in [1.82, 2.24) is 0 Å². The lowest BCUT2D eigenvalue weighted by Gasteiger charge is -2.26. The summed E-state index contributed by atoms with van der Waals surface area (Å²) in [5, 5.41) is 3.67. The van der Waals surface area contributed by atoms with Gasteiger partial charge in [-0.05, 0) is 36.2 Å². The summed E-state index contributed by atoms with van der Waals surface area (Å²) in [6.45, 7) is 6.39. The van der Waals surface area contributed by atoms with Crippen LogP contribution in [0.3, 0.4) is 0 Å². The number of fused-ring (bicyclic) bond motifs is 2. The molecular weight excluding hydrogens is 368 g/mol. The van der Waals surface area contributed by atoms with E-state index in [1.165, 1.54) is 0 Å². The van der Waals surface area contributed by atoms with Crippen molar-refractivity contribution in [3.8, 4) is 5.75 Å². The SMILES string of the molecule is COc1cccc2cc(C(=O)Nc3ccc4c(c3)N(C(=O)C(C)(C)C)CC4)oc12. The fourth-order valence-corrected chi connectivity index (χ4v) is 3.57. The van der Waals surface area contributed by atoms with Gasteiger partial charge >= 0.3 is 0 Å². The van der Waals surface area contributed by atoms with Gasteiger partial charge in [0, 0.05) is 28.7 Å². The highest BCUT2D eigenvalue weighted by Gasteiger charge is 2.32. The van der Waals surface area contributed by atoms with Crippen LogP contribution in [0, 0.1) is 5.41 Å². The van der Waals surface area contributed by atoms with Crippen LogP contribution in [-0.2, 0) is 11.2 Å². The van der Waals surface area contributed by atoms with Gasteiger partial charge in [0.05, 0.1) is 7.11 Å². The standard InChI is InChI=1S/C23H24N2O4/c1-23(2,3)22(27)25-11-10-14-8-9-16(13-17(14)25)24-21(26)19-12-15-6-5-7-18(28-4)20(15)29-19/h5-9,12-13H,10-11H2,1-4H3,(H,24,26). The molecule has 0 radical (unpaired) electrons. The number of hydrogen-bond acceptors (Lipinski definition) is 4. The predicted octanol–water partition coefficient (Wildman–Crippen LogP) is 4.63. The molecule has 2 heterocycles. The van der Waals surface area contributed by atoms with E-state index in [1.54, 1.807) is 24.1 Å². The Balaban J connectivity index is 1.59. The van der Waals surface area contributed by atoms with Crippen LogP contribution in [0.2, 0.25) is 0 Å². The van der Waals surface area contributed by atoms with E-state index < -0.39 is 5.41 Å². The number of nitrogens with one attached hydrogen (secondary N) is 1. The summed E-state index contributed by atoms with van der Waals surface area (Å²) in [5.74, 6) is 0.502. The highest BCUT2D eigenvalue weighted by Crippen LogP contribution is 2.34. The molecule has 0 saturated heterocycles. The molecule has 6 nitrogen and oxygen atoms in total. The van der Waals surface area contributed by atoms with Crippen LogP contribution in [0.1, 0.15) is 36.9 Å². The normalized spacial score (nSPS) is 13.4. The lowest BCUT2D eigenvalue weighted by atomic mass is 9.94. The summed E-state index contributed by atoms with van der Waals surface area (Å²) in [6.07, 6.45) is 0.814. The van der Waals surface area contributed by atoms with Gasteiger partial charge in [0.25, 0.3) is 5.91 Å². The van der Waals surface area contributed by atoms with Crippen molar-refractivity contribution in [2.24, 2.45) is 5.41 Å². The third-order valence-electron chi connectivity index (χ3n) is 5.08. The molecule has 1 aliphatic heterocycles. The third kappa shape index (κ3) is 3.46. The second-order valence-corrected chi connectivity index (χ2v) is 8.24. The molecule has 2 aromatic carbocycles. The molecule has 0 spiro atoms. The molecule has 0 saturated carbocycles. The van der Waals surface area contributed by atoms with Crippen LogP contribution in [-0.4, -0.2) is 25.5 Å². The van der Waals surface area contributed by atoms with Crippen molar-refractivity contribution in [2.75, 3.05) is 23.9 Å². The van der Waals surface area contributed by atoms with E-state index >= 15 is 0 Å². The van der Waals surface area contributed by atoms with Crippen LogP contribution in [0.15, 0.2) is 46.9 Å². The number of nitrogens with zero attached hydrogens (tertiary/aromatic N) is 1. The Morgan fingerprint density at radius 1 is 1.14 bits per heavy atom. The van der Waals surface area contributed by atoms with Gasteiger partial charge in [0.15, 0.2) is 17.1 Å². The molecule has 6 heteroatoms. The molecule has 1 aromatic heterocycles. The molecule has 150 valence electrons. The van der Waals surface area contributed by atoms with Gasteiger partial charge in [-0.3, -0.25) is 9.59 Å². The number of carbonyl (C=O) groups excluding carboxylic acids is 2. The van der Waals surface area contributed by atoms with Crippen LogP contribution in [0.4, 0.5) is 11.4 Å². The maximum Gasteiger partial charge on any atom is 0.291 e. The summed E-state index contributed by atoms with van der Waals surface area (Å²) in [5.41, 5.74) is 2.66. The Kier molecular flexibility index (Phi) is 4.57. The van der Waals surface area contributed by atoms with Crippen LogP contribution >= 0.6 is 0 Å². The van der Waals surface area contributed by atoms with E-state index in [-0.39, 0.29) is 17.6 Å². The minimum Gasteiger partial charge on any atom is -0.493 e. The van der Waals surface area contributed by atoms with E-state index in [0.29, 0.717) is 23.6 Å². The summed E-state index contributed by atoms with van der Waals surface area (Å²) in [4.78, 5) is 27.3. The predicted molar refractivity (Wildman–Crippen MR) is 113 cm³/mol. The number of ether oxygens (including phenoxy) is 1. The molecule has 0 aliphatic carbocycles. The molecule has 0 bridgehead atoms. The lowest BCUT2D eigenvalue weighted by Crippen LogP contribution is -2.38. The van der Waals surface area contributed by atoms with Crippen molar-refractivity contribution in [2.45, 2.75) is 27.2 Å². The third-order valence-corrected chi connectivity index (χ3v) is 5.08. The Labute approximate surface area is 169 Å². The van der Waals surface area contributed by atoms with Crippen molar-refractivity contribution >= 4 is 34.2 Å². The number of amides is 2. The Hall–Kier alpha value is -3.28. The Morgan fingerprint density at radius 3 is 2.66 bits per heavy atom. The van der Waals surface area contributed by atoms with E-state index in [0.717, 1.165) is 23.1 Å². The number of hydrogen-bond donors (Lipinski definition) is 1. The van der Waals surface area contributed by atoms with Gasteiger partial charge < -0.3 is 19.4 Å². The van der Waals surface area contributed by atoms with Crippen molar-refractivity contribution in [1.29, 1.82) is 0 Å². The van der Waals surface area contributed by atoms with Gasteiger partial charge in [-0.2, -0.15) is 0 Å². The van der Waals surface area contributed by atoms with Gasteiger partial charge in [0.2, 0.25) is 5.91 Å². The zero-order valence-corrected chi connectivity index (χ0v) is 17.0. The molecule has 0 atom stereocenters. The highest BCUT2D eigenvalue weighted by molar-refractivity contribution is 6.06. The average molecular weight is 392 g/mol. The van der Waals surface area contributed by atoms with Crippen molar-refractivity contribution < 1.29 is 18.7 Å². The largest absolute Gasteiger partial charge is 0.493 e. The highest BCUT2D eigenvalue weighted by atomic mass is 16.5. The number of benzene rings is 2. The van der Waals surface area contributed by atoms with Gasteiger partial charge in [0.1, 0.15) is 0 Å². The van der Waals surface area contributed by atoms with E-state index in [9.17, 15) is 9.59 Å². The first kappa shape index (κ1) is 19.1. The topological polar surface area (TPSA) is 71.8 Å². The minimum absolute atomic E-state index is 0.0732. The lowest BCUT2D eigenvalue weighted by molar-refractivity contribution is -0.125. The molecular formula is C23H24N2O4. The number of methoxy groups -OCH3 is 1. The smallest absolute Gasteiger partial charge is 0.291 e. The molecule has 1 N–H and O–H groups in total. The maximum atomic E-state index is 12.8. The quantitative estimate of drug-likeness (QED) is 0.705. The summed E-state index contributed by atoms with van der Waals surface area (Å²) in [7, 11) is 1.56. The number of carbonyl (C=O) groups is 2. The first-order chi connectivity index (χ1) is 13.8. The van der Waals surface area contributed by atoms with Gasteiger partial charge in [-0.1, -0.05) is 39.0 Å². The molecule has 4 rings (SSSR count). The van der Waals surface area contributed by atoms with E-state index in [2.05, 4.69) is 5.32 Å². The zero-order valence-electron chi connectivity index (χ0n) is 17.0. The summed E-state index contributed by atoms with van der Waals surface area (Å²) >= 11 is 0. The zero-order chi connectivity index (χ0) is 20.8. The van der Waals surface area contributed by atoms with E-state index in [1.807, 2.05) is 51.1 Å². The molecule has 2 amide bonds. The first-order valence-electron chi connectivity index (χ1n) is 9.61. The first-order valence-corrected chi connectivity index (χ1v) is 9.61. The Bertz CT molecular complexity index is 1110. The number of anilines is 2. The monoisotopic (exact) mass is 392 g/mol. The van der Waals surface area contributed by atoms with Gasteiger partial charge in [-0.15, -0.1) is 0 Å². The minimum atomic E-state index is -0.464. The number of para-hydroxylation sites is 1. The summed E-state index contributed by atoms with van der Waals surface area (Å²) in [6, 6.07) is 12.9. The number of rotatable bonds is 3. The molecule has 29 heavy (non-hydrogen) atoms. The van der Waals surface area contributed by atoms with Crippen LogP contribution < -0.4 is 15.0 Å². The number of furan rings is 1. The average Bonchev–Trinajstić information content (AvgIpc) is 3.30. The second kappa shape index (κ2) is 6.95.